The number of piperazine rings is 1. The molecule has 1 aliphatic rings. The second-order valence-electron chi connectivity index (χ2n) is 4.83. The Bertz CT molecular complexity index is 424. The zero-order chi connectivity index (χ0) is 13.1. The molecule has 2 rings (SSSR count). The number of aliphatic hydroxyl groups excluding tert-OH is 1. The van der Waals surface area contributed by atoms with E-state index in [9.17, 15) is 9.90 Å². The van der Waals surface area contributed by atoms with Gasteiger partial charge in [-0.25, -0.2) is 0 Å². The number of aliphatic hydroxyl groups is 1. The number of carbonyl (C=O) groups is 1. The van der Waals surface area contributed by atoms with Gasteiger partial charge in [-0.3, -0.25) is 4.79 Å². The first kappa shape index (κ1) is 12.9. The molecule has 98 valence electrons. The number of nitrogens with zero attached hydrogens (tertiary/aromatic N) is 2. The smallest absolute Gasteiger partial charge is 0.251 e. The Morgan fingerprint density at radius 1 is 1.28 bits per heavy atom. The molecular formula is C14H20N2O2. The minimum atomic E-state index is -0.893. The molecule has 1 heterocycles. The van der Waals surface area contributed by atoms with Crippen molar-refractivity contribution in [2.45, 2.75) is 20.0 Å². The highest BCUT2D eigenvalue weighted by molar-refractivity contribution is 5.80. The van der Waals surface area contributed by atoms with Crippen LogP contribution in [0.3, 0.4) is 0 Å². The number of hydrogen-bond acceptors (Lipinski definition) is 3. The van der Waals surface area contributed by atoms with Crippen molar-refractivity contribution < 1.29 is 9.90 Å². The van der Waals surface area contributed by atoms with Crippen LogP contribution in [0, 0.1) is 6.92 Å². The molecule has 0 aromatic heterocycles. The predicted molar refractivity (Wildman–Crippen MR) is 71.7 cm³/mol. The van der Waals surface area contributed by atoms with Crippen LogP contribution in [0.25, 0.3) is 0 Å². The van der Waals surface area contributed by atoms with Crippen LogP contribution in [0.2, 0.25) is 0 Å². The average Bonchev–Trinajstić information content (AvgIpc) is 2.38. The summed E-state index contributed by atoms with van der Waals surface area (Å²) in [5.74, 6) is -0.168. The lowest BCUT2D eigenvalue weighted by Crippen LogP contribution is -2.51. The molecule has 4 heteroatoms. The highest BCUT2D eigenvalue weighted by Crippen LogP contribution is 2.17. The lowest BCUT2D eigenvalue weighted by Gasteiger charge is -2.36. The molecule has 0 saturated carbocycles. The summed E-state index contributed by atoms with van der Waals surface area (Å²) in [6, 6.07) is 8.39. The summed E-state index contributed by atoms with van der Waals surface area (Å²) in [6.07, 6.45) is -0.893. The zero-order valence-corrected chi connectivity index (χ0v) is 11.0. The van der Waals surface area contributed by atoms with Gasteiger partial charge >= 0.3 is 0 Å². The summed E-state index contributed by atoms with van der Waals surface area (Å²) in [7, 11) is 0. The first-order chi connectivity index (χ1) is 8.58. The average molecular weight is 248 g/mol. The highest BCUT2D eigenvalue weighted by atomic mass is 16.3. The van der Waals surface area contributed by atoms with E-state index in [1.54, 1.807) is 4.90 Å². The Labute approximate surface area is 108 Å². The van der Waals surface area contributed by atoms with E-state index in [0.29, 0.717) is 13.1 Å². The lowest BCUT2D eigenvalue weighted by molar-refractivity contribution is -0.139. The molecule has 18 heavy (non-hydrogen) atoms. The van der Waals surface area contributed by atoms with E-state index in [1.165, 1.54) is 18.2 Å². The zero-order valence-electron chi connectivity index (χ0n) is 11.0. The summed E-state index contributed by atoms with van der Waals surface area (Å²) in [6.45, 7) is 6.60. The van der Waals surface area contributed by atoms with Crippen molar-refractivity contribution in [1.29, 1.82) is 0 Å². The number of carbonyl (C=O) groups excluding carboxylic acids is 1. The van der Waals surface area contributed by atoms with E-state index in [1.807, 2.05) is 0 Å². The van der Waals surface area contributed by atoms with Gasteiger partial charge in [-0.05, 0) is 31.5 Å². The molecule has 1 fully saturated rings. The normalized spacial score (nSPS) is 17.7. The molecular weight excluding hydrogens is 228 g/mol. The monoisotopic (exact) mass is 248 g/mol. The van der Waals surface area contributed by atoms with Gasteiger partial charge in [0.05, 0.1) is 0 Å². The van der Waals surface area contributed by atoms with Gasteiger partial charge in [0.15, 0.2) is 0 Å². The Hall–Kier alpha value is -1.55. The van der Waals surface area contributed by atoms with E-state index in [0.717, 1.165) is 13.1 Å². The van der Waals surface area contributed by atoms with Gasteiger partial charge in [0.1, 0.15) is 6.10 Å². The van der Waals surface area contributed by atoms with E-state index >= 15 is 0 Å². The largest absolute Gasteiger partial charge is 0.384 e. The summed E-state index contributed by atoms with van der Waals surface area (Å²) in [5.41, 5.74) is 2.45. The van der Waals surface area contributed by atoms with E-state index in [-0.39, 0.29) is 5.91 Å². The third-order valence-corrected chi connectivity index (χ3v) is 3.32. The fourth-order valence-electron chi connectivity index (χ4n) is 2.27. The Morgan fingerprint density at radius 2 is 1.94 bits per heavy atom. The van der Waals surface area contributed by atoms with Crippen molar-refractivity contribution in [3.63, 3.8) is 0 Å². The molecule has 1 saturated heterocycles. The minimum Gasteiger partial charge on any atom is -0.384 e. The summed E-state index contributed by atoms with van der Waals surface area (Å²) in [5, 5.41) is 9.29. The van der Waals surface area contributed by atoms with Crippen molar-refractivity contribution in [3.05, 3.63) is 29.8 Å². The standard InChI is InChI=1S/C14H20N2O2/c1-11-4-3-5-13(10-11)15-6-8-16(9-7-15)14(18)12(2)17/h3-5,10,12,17H,6-9H2,1-2H3. The van der Waals surface area contributed by atoms with Crippen LogP contribution in [0.4, 0.5) is 5.69 Å². The second-order valence-corrected chi connectivity index (χ2v) is 4.83. The fraction of sp³-hybridized carbons (Fsp3) is 0.500. The van der Waals surface area contributed by atoms with Crippen LogP contribution in [0.5, 0.6) is 0 Å². The maximum atomic E-state index is 11.7. The second kappa shape index (κ2) is 5.40. The number of benzene rings is 1. The number of hydrogen-bond donors (Lipinski definition) is 1. The van der Waals surface area contributed by atoms with Crippen molar-refractivity contribution in [1.82, 2.24) is 4.90 Å². The molecule has 4 nitrogen and oxygen atoms in total. The molecule has 1 N–H and O–H groups in total. The van der Waals surface area contributed by atoms with Crippen molar-refractivity contribution in [3.8, 4) is 0 Å². The molecule has 1 amide bonds. The van der Waals surface area contributed by atoms with E-state index in [2.05, 4.69) is 36.1 Å². The molecule has 1 atom stereocenters. The van der Waals surface area contributed by atoms with Gasteiger partial charge in [-0.1, -0.05) is 12.1 Å². The van der Waals surface area contributed by atoms with Gasteiger partial charge < -0.3 is 14.9 Å². The molecule has 0 spiro atoms. The van der Waals surface area contributed by atoms with Crippen LogP contribution in [0.1, 0.15) is 12.5 Å². The predicted octanol–water partition coefficient (Wildman–Crippen LogP) is 1.02. The topological polar surface area (TPSA) is 43.8 Å². The van der Waals surface area contributed by atoms with Crippen LogP contribution >= 0.6 is 0 Å². The lowest BCUT2D eigenvalue weighted by atomic mass is 10.2. The molecule has 1 aromatic carbocycles. The van der Waals surface area contributed by atoms with Crippen LogP contribution < -0.4 is 4.90 Å². The molecule has 1 aromatic rings. The third-order valence-electron chi connectivity index (χ3n) is 3.32. The summed E-state index contributed by atoms with van der Waals surface area (Å²) >= 11 is 0. The van der Waals surface area contributed by atoms with Gasteiger partial charge in [0.2, 0.25) is 0 Å². The van der Waals surface area contributed by atoms with Crippen molar-refractivity contribution in [2.24, 2.45) is 0 Å². The maximum Gasteiger partial charge on any atom is 0.251 e. The number of amides is 1. The summed E-state index contributed by atoms with van der Waals surface area (Å²) in [4.78, 5) is 15.7. The van der Waals surface area contributed by atoms with E-state index < -0.39 is 6.10 Å². The summed E-state index contributed by atoms with van der Waals surface area (Å²) < 4.78 is 0. The Kier molecular flexibility index (Phi) is 3.87. The van der Waals surface area contributed by atoms with Crippen LogP contribution in [0.15, 0.2) is 24.3 Å². The molecule has 0 aliphatic carbocycles. The van der Waals surface area contributed by atoms with Gasteiger partial charge in [-0.2, -0.15) is 0 Å². The fourth-order valence-corrected chi connectivity index (χ4v) is 2.27. The first-order valence-corrected chi connectivity index (χ1v) is 6.36. The van der Waals surface area contributed by atoms with Crippen molar-refractivity contribution >= 4 is 11.6 Å². The number of rotatable bonds is 2. The first-order valence-electron chi connectivity index (χ1n) is 6.36. The SMILES string of the molecule is Cc1cccc(N2CCN(C(=O)C(C)O)CC2)c1. The Morgan fingerprint density at radius 3 is 2.50 bits per heavy atom. The molecule has 0 radical (unpaired) electrons. The minimum absolute atomic E-state index is 0.168. The molecule has 1 unspecified atom stereocenters. The van der Waals surface area contributed by atoms with Crippen LogP contribution in [-0.4, -0.2) is 48.2 Å². The number of aryl methyl sites for hydroxylation is 1. The highest BCUT2D eigenvalue weighted by Gasteiger charge is 2.23. The van der Waals surface area contributed by atoms with E-state index in [4.69, 9.17) is 0 Å². The van der Waals surface area contributed by atoms with Crippen LogP contribution in [-0.2, 0) is 4.79 Å². The Balaban J connectivity index is 1.96. The molecule has 0 bridgehead atoms. The number of anilines is 1. The van der Waals surface area contributed by atoms with Gasteiger partial charge in [0.25, 0.3) is 5.91 Å². The van der Waals surface area contributed by atoms with Gasteiger partial charge in [-0.15, -0.1) is 0 Å². The quantitative estimate of drug-likeness (QED) is 0.850. The van der Waals surface area contributed by atoms with Crippen molar-refractivity contribution in [2.75, 3.05) is 31.1 Å². The molecule has 1 aliphatic heterocycles. The maximum absolute atomic E-state index is 11.7. The third kappa shape index (κ3) is 2.82. The van der Waals surface area contributed by atoms with Gasteiger partial charge in [0, 0.05) is 31.9 Å².